The van der Waals surface area contributed by atoms with Gasteiger partial charge in [-0.3, -0.25) is 13.9 Å². The highest BCUT2D eigenvalue weighted by atomic mass is 16.2. The third kappa shape index (κ3) is 2.45. The number of aryl methyl sites for hydroxylation is 2. The smallest absolute Gasteiger partial charge is 0.278 e. The summed E-state index contributed by atoms with van der Waals surface area (Å²) in [5, 5.41) is 8.07. The summed E-state index contributed by atoms with van der Waals surface area (Å²) in [7, 11) is 3.25. The molecular weight excluding hydrogens is 246 g/mol. The predicted octanol–water partition coefficient (Wildman–Crippen LogP) is 0.409. The summed E-state index contributed by atoms with van der Waals surface area (Å²) in [4.78, 5) is 25.7. The molecule has 0 radical (unpaired) electrons. The van der Waals surface area contributed by atoms with Crippen molar-refractivity contribution < 1.29 is 0 Å². The fourth-order valence-electron chi connectivity index (χ4n) is 2.14. The van der Waals surface area contributed by atoms with Crippen LogP contribution in [-0.4, -0.2) is 24.1 Å². The Labute approximate surface area is 110 Å². The maximum atomic E-state index is 12.2. The SMILES string of the molecule is CCCCCCn1c(=O)c2nn(C)nc2n(C)c1=O. The fourth-order valence-corrected chi connectivity index (χ4v) is 2.14. The molecule has 19 heavy (non-hydrogen) atoms. The summed E-state index contributed by atoms with van der Waals surface area (Å²) in [6.07, 6.45) is 4.08. The second-order valence-corrected chi connectivity index (χ2v) is 4.72. The Morgan fingerprint density at radius 2 is 1.79 bits per heavy atom. The lowest BCUT2D eigenvalue weighted by molar-refractivity contribution is 0.539. The summed E-state index contributed by atoms with van der Waals surface area (Å²) in [5.74, 6) is 0. The highest BCUT2D eigenvalue weighted by Gasteiger charge is 2.14. The van der Waals surface area contributed by atoms with Gasteiger partial charge in [-0.05, 0) is 6.42 Å². The monoisotopic (exact) mass is 265 g/mol. The van der Waals surface area contributed by atoms with E-state index in [1.165, 1.54) is 13.9 Å². The number of nitrogens with zero attached hydrogens (tertiary/aromatic N) is 5. The first-order chi connectivity index (χ1) is 9.06. The van der Waals surface area contributed by atoms with Crippen LogP contribution < -0.4 is 11.2 Å². The number of hydrogen-bond donors (Lipinski definition) is 0. The number of rotatable bonds is 5. The van der Waals surface area contributed by atoms with E-state index >= 15 is 0 Å². The normalized spacial score (nSPS) is 11.3. The maximum absolute atomic E-state index is 12.2. The Kier molecular flexibility index (Phi) is 3.82. The molecule has 2 rings (SSSR count). The average molecular weight is 265 g/mol. The fraction of sp³-hybridized carbons (Fsp3) is 0.667. The zero-order valence-electron chi connectivity index (χ0n) is 11.6. The molecule has 104 valence electrons. The molecule has 0 fully saturated rings. The van der Waals surface area contributed by atoms with Crippen molar-refractivity contribution in [3.05, 3.63) is 20.8 Å². The molecular formula is C12H19N5O2. The van der Waals surface area contributed by atoms with E-state index in [2.05, 4.69) is 17.1 Å². The number of aromatic nitrogens is 5. The molecule has 0 bridgehead atoms. The van der Waals surface area contributed by atoms with E-state index < -0.39 is 0 Å². The van der Waals surface area contributed by atoms with Crippen molar-refractivity contribution in [2.75, 3.05) is 0 Å². The van der Waals surface area contributed by atoms with Gasteiger partial charge in [-0.25, -0.2) is 4.79 Å². The first-order valence-electron chi connectivity index (χ1n) is 6.57. The summed E-state index contributed by atoms with van der Waals surface area (Å²) < 4.78 is 2.64. The first kappa shape index (κ1) is 13.5. The molecule has 0 saturated carbocycles. The van der Waals surface area contributed by atoms with Crippen LogP contribution >= 0.6 is 0 Å². The van der Waals surface area contributed by atoms with Gasteiger partial charge in [0, 0.05) is 20.6 Å². The molecule has 0 aliphatic carbocycles. The van der Waals surface area contributed by atoms with Gasteiger partial charge in [-0.15, -0.1) is 10.2 Å². The number of fused-ring (bicyclic) bond motifs is 1. The van der Waals surface area contributed by atoms with Crippen LogP contribution in [0.15, 0.2) is 9.59 Å². The number of unbranched alkanes of at least 4 members (excludes halogenated alkanes) is 3. The summed E-state index contributed by atoms with van der Waals surface area (Å²) in [5.41, 5.74) is -0.0837. The average Bonchev–Trinajstić information content (AvgIpc) is 2.78. The topological polar surface area (TPSA) is 74.7 Å². The van der Waals surface area contributed by atoms with E-state index in [4.69, 9.17) is 0 Å². The highest BCUT2D eigenvalue weighted by Crippen LogP contribution is 2.02. The third-order valence-electron chi connectivity index (χ3n) is 3.21. The van der Waals surface area contributed by atoms with Gasteiger partial charge in [0.05, 0.1) is 0 Å². The van der Waals surface area contributed by atoms with Crippen LogP contribution in [0, 0.1) is 0 Å². The van der Waals surface area contributed by atoms with Crippen LogP contribution in [0.2, 0.25) is 0 Å². The largest absolute Gasteiger partial charge is 0.332 e. The quantitative estimate of drug-likeness (QED) is 0.734. The number of hydrogen-bond acceptors (Lipinski definition) is 4. The molecule has 2 heterocycles. The molecule has 0 spiro atoms. The van der Waals surface area contributed by atoms with Crippen molar-refractivity contribution in [2.45, 2.75) is 39.2 Å². The van der Waals surface area contributed by atoms with Gasteiger partial charge in [0.1, 0.15) is 0 Å². The Hall–Kier alpha value is -1.92. The summed E-state index contributed by atoms with van der Waals surface area (Å²) in [6, 6.07) is 0. The van der Waals surface area contributed by atoms with Crippen molar-refractivity contribution in [3.8, 4) is 0 Å². The molecule has 0 amide bonds. The second kappa shape index (κ2) is 5.38. The molecule has 2 aromatic heterocycles. The predicted molar refractivity (Wildman–Crippen MR) is 72.2 cm³/mol. The van der Waals surface area contributed by atoms with Crippen LogP contribution in [0.4, 0.5) is 0 Å². The van der Waals surface area contributed by atoms with E-state index in [0.29, 0.717) is 12.2 Å². The first-order valence-corrected chi connectivity index (χ1v) is 6.57. The van der Waals surface area contributed by atoms with Gasteiger partial charge in [0.15, 0.2) is 11.2 Å². The zero-order valence-corrected chi connectivity index (χ0v) is 11.6. The van der Waals surface area contributed by atoms with Crippen molar-refractivity contribution in [3.63, 3.8) is 0 Å². The van der Waals surface area contributed by atoms with Crippen LogP contribution in [0.5, 0.6) is 0 Å². The molecule has 0 saturated heterocycles. The maximum Gasteiger partial charge on any atom is 0.332 e. The van der Waals surface area contributed by atoms with E-state index in [1.807, 2.05) is 0 Å². The van der Waals surface area contributed by atoms with E-state index in [0.717, 1.165) is 25.7 Å². The molecule has 7 heteroatoms. The van der Waals surface area contributed by atoms with Crippen molar-refractivity contribution >= 4 is 11.2 Å². The second-order valence-electron chi connectivity index (χ2n) is 4.72. The van der Waals surface area contributed by atoms with Crippen molar-refractivity contribution in [1.29, 1.82) is 0 Å². The van der Waals surface area contributed by atoms with Crippen LogP contribution in [0.25, 0.3) is 11.2 Å². The third-order valence-corrected chi connectivity index (χ3v) is 3.21. The zero-order chi connectivity index (χ0) is 14.0. The lowest BCUT2D eigenvalue weighted by atomic mass is 10.2. The van der Waals surface area contributed by atoms with Gasteiger partial charge in [0.2, 0.25) is 0 Å². The standard InChI is InChI=1S/C12H19N5O2/c1-4-5-6-7-8-17-11(18)9-10(14-16(3)13-9)15(2)12(17)19/h4-8H2,1-3H3. The molecule has 0 aromatic carbocycles. The van der Waals surface area contributed by atoms with Gasteiger partial charge >= 0.3 is 5.69 Å². The van der Waals surface area contributed by atoms with Crippen molar-refractivity contribution in [1.82, 2.24) is 24.1 Å². The minimum atomic E-state index is -0.345. The molecule has 0 N–H and O–H groups in total. The molecule has 0 atom stereocenters. The van der Waals surface area contributed by atoms with Crippen LogP contribution in [0.1, 0.15) is 32.6 Å². The van der Waals surface area contributed by atoms with Gasteiger partial charge < -0.3 is 0 Å². The van der Waals surface area contributed by atoms with Crippen molar-refractivity contribution in [2.24, 2.45) is 14.1 Å². The Bertz CT molecular complexity index is 694. The van der Waals surface area contributed by atoms with Gasteiger partial charge in [-0.1, -0.05) is 26.2 Å². The van der Waals surface area contributed by atoms with Crippen LogP contribution in [-0.2, 0) is 20.6 Å². The molecule has 0 unspecified atom stereocenters. The van der Waals surface area contributed by atoms with Gasteiger partial charge in [-0.2, -0.15) is 4.80 Å². The van der Waals surface area contributed by atoms with E-state index in [-0.39, 0.29) is 16.8 Å². The Morgan fingerprint density at radius 1 is 1.05 bits per heavy atom. The minimum absolute atomic E-state index is 0.250. The van der Waals surface area contributed by atoms with E-state index in [9.17, 15) is 9.59 Å². The Morgan fingerprint density at radius 3 is 2.47 bits per heavy atom. The Balaban J connectivity index is 2.44. The molecule has 0 aliphatic heterocycles. The molecule has 0 aliphatic rings. The lowest BCUT2D eigenvalue weighted by Gasteiger charge is -2.06. The summed E-state index contributed by atoms with van der Waals surface area (Å²) in [6.45, 7) is 2.56. The minimum Gasteiger partial charge on any atom is -0.278 e. The molecule has 7 nitrogen and oxygen atoms in total. The summed E-state index contributed by atoms with van der Waals surface area (Å²) >= 11 is 0. The highest BCUT2D eigenvalue weighted by molar-refractivity contribution is 5.67. The van der Waals surface area contributed by atoms with Gasteiger partial charge in [0.25, 0.3) is 5.56 Å². The van der Waals surface area contributed by atoms with E-state index in [1.54, 1.807) is 14.1 Å². The molecule has 2 aromatic rings. The lowest BCUT2D eigenvalue weighted by Crippen LogP contribution is -2.39. The van der Waals surface area contributed by atoms with Crippen LogP contribution in [0.3, 0.4) is 0 Å².